The molecule has 0 rings (SSSR count). The first-order valence-corrected chi connectivity index (χ1v) is 5.80. The molecule has 0 aromatic rings. The topological polar surface area (TPSA) is 32.3 Å². The summed E-state index contributed by atoms with van der Waals surface area (Å²) in [6.07, 6.45) is 5.02. The second-order valence-electron chi connectivity index (χ2n) is 4.98. The molecule has 2 N–H and O–H groups in total. The molecule has 0 aliphatic carbocycles. The zero-order chi connectivity index (χ0) is 11.2. The van der Waals surface area contributed by atoms with Gasteiger partial charge in [0.1, 0.15) is 0 Å². The van der Waals surface area contributed by atoms with Crippen LogP contribution >= 0.6 is 0 Å². The van der Waals surface area contributed by atoms with Crippen LogP contribution in [0.5, 0.6) is 0 Å². The van der Waals surface area contributed by atoms with Crippen LogP contribution in [0.25, 0.3) is 0 Å². The number of aliphatic hydroxyl groups is 1. The van der Waals surface area contributed by atoms with Crippen molar-refractivity contribution in [2.24, 2.45) is 0 Å². The Hall–Kier alpha value is -0.0800. The van der Waals surface area contributed by atoms with Crippen LogP contribution < -0.4 is 5.32 Å². The minimum Gasteiger partial charge on any atom is -0.390 e. The monoisotopic (exact) mass is 201 g/mol. The Balaban J connectivity index is 4.28. The Morgan fingerprint density at radius 2 is 1.57 bits per heavy atom. The van der Waals surface area contributed by atoms with Crippen molar-refractivity contribution >= 4 is 0 Å². The summed E-state index contributed by atoms with van der Waals surface area (Å²) in [6, 6.07) is 0. The third-order valence-electron chi connectivity index (χ3n) is 2.96. The minimum atomic E-state index is -0.526. The fraction of sp³-hybridized carbons (Fsp3) is 1.00. The van der Waals surface area contributed by atoms with Gasteiger partial charge in [0, 0.05) is 5.54 Å². The highest BCUT2D eigenvalue weighted by molar-refractivity contribution is 4.89. The van der Waals surface area contributed by atoms with Gasteiger partial charge in [0.25, 0.3) is 0 Å². The van der Waals surface area contributed by atoms with E-state index in [-0.39, 0.29) is 5.54 Å². The highest BCUT2D eigenvalue weighted by Gasteiger charge is 2.31. The van der Waals surface area contributed by atoms with Crippen molar-refractivity contribution < 1.29 is 5.11 Å². The third-order valence-corrected chi connectivity index (χ3v) is 2.96. The zero-order valence-corrected chi connectivity index (χ0v) is 10.5. The third kappa shape index (κ3) is 4.97. The normalized spacial score (nSPS) is 20.1. The Morgan fingerprint density at radius 3 is 1.93 bits per heavy atom. The first-order valence-electron chi connectivity index (χ1n) is 5.80. The molecule has 0 aliphatic heterocycles. The average Bonchev–Trinajstić information content (AvgIpc) is 2.03. The number of rotatable bonds is 7. The maximum atomic E-state index is 10.2. The summed E-state index contributed by atoms with van der Waals surface area (Å²) in [5.74, 6) is 0. The van der Waals surface area contributed by atoms with Crippen LogP contribution in [0.1, 0.15) is 59.8 Å². The number of hydrogen-bond donors (Lipinski definition) is 2. The van der Waals surface area contributed by atoms with Crippen LogP contribution in [0.3, 0.4) is 0 Å². The van der Waals surface area contributed by atoms with Gasteiger partial charge < -0.3 is 10.4 Å². The maximum absolute atomic E-state index is 10.2. The number of nitrogens with one attached hydrogen (secondary N) is 1. The van der Waals surface area contributed by atoms with Crippen molar-refractivity contribution in [2.75, 3.05) is 7.05 Å². The first kappa shape index (κ1) is 13.9. The lowest BCUT2D eigenvalue weighted by molar-refractivity contribution is 0.0137. The van der Waals surface area contributed by atoms with Crippen molar-refractivity contribution in [1.82, 2.24) is 5.32 Å². The lowest BCUT2D eigenvalue weighted by atomic mass is 9.81. The summed E-state index contributed by atoms with van der Waals surface area (Å²) in [5, 5.41) is 13.5. The van der Waals surface area contributed by atoms with E-state index in [0.717, 1.165) is 32.1 Å². The van der Waals surface area contributed by atoms with E-state index in [0.29, 0.717) is 0 Å². The Bertz CT molecular complexity index is 156. The molecule has 0 spiro atoms. The summed E-state index contributed by atoms with van der Waals surface area (Å²) in [6.45, 7) is 8.44. The lowest BCUT2D eigenvalue weighted by Gasteiger charge is -2.36. The Kier molecular flexibility index (Phi) is 5.68. The molecule has 86 valence electrons. The van der Waals surface area contributed by atoms with Gasteiger partial charge in [-0.15, -0.1) is 0 Å². The van der Waals surface area contributed by atoms with Gasteiger partial charge in [-0.3, -0.25) is 0 Å². The van der Waals surface area contributed by atoms with Gasteiger partial charge in [0.15, 0.2) is 0 Å². The zero-order valence-electron chi connectivity index (χ0n) is 10.5. The second-order valence-corrected chi connectivity index (χ2v) is 4.98. The molecule has 2 heteroatoms. The van der Waals surface area contributed by atoms with Crippen molar-refractivity contribution in [1.29, 1.82) is 0 Å². The Morgan fingerprint density at radius 1 is 1.07 bits per heavy atom. The lowest BCUT2D eigenvalue weighted by Crippen LogP contribution is -2.46. The van der Waals surface area contributed by atoms with E-state index < -0.39 is 5.60 Å². The minimum absolute atomic E-state index is 0.0768. The van der Waals surface area contributed by atoms with Gasteiger partial charge in [-0.1, -0.05) is 26.7 Å². The maximum Gasteiger partial charge on any atom is 0.0637 e. The molecule has 0 fully saturated rings. The quantitative estimate of drug-likeness (QED) is 0.664. The van der Waals surface area contributed by atoms with E-state index in [2.05, 4.69) is 26.1 Å². The van der Waals surface area contributed by atoms with Gasteiger partial charge in [-0.25, -0.2) is 0 Å². The van der Waals surface area contributed by atoms with Crippen molar-refractivity contribution in [2.45, 2.75) is 70.9 Å². The number of hydrogen-bond acceptors (Lipinski definition) is 2. The summed E-state index contributed by atoms with van der Waals surface area (Å²) in [7, 11) is 1.98. The van der Waals surface area contributed by atoms with E-state index >= 15 is 0 Å². The van der Waals surface area contributed by atoms with Gasteiger partial charge >= 0.3 is 0 Å². The fourth-order valence-corrected chi connectivity index (χ4v) is 2.32. The van der Waals surface area contributed by atoms with Gasteiger partial charge in [0.05, 0.1) is 5.60 Å². The van der Waals surface area contributed by atoms with E-state index in [1.165, 1.54) is 0 Å². The molecule has 0 amide bonds. The molecule has 0 aromatic carbocycles. The van der Waals surface area contributed by atoms with Crippen molar-refractivity contribution in [3.8, 4) is 0 Å². The molecule has 0 aromatic heterocycles. The molecule has 1 unspecified atom stereocenters. The van der Waals surface area contributed by atoms with Crippen LogP contribution in [0.2, 0.25) is 0 Å². The fourth-order valence-electron chi connectivity index (χ4n) is 2.32. The smallest absolute Gasteiger partial charge is 0.0637 e. The van der Waals surface area contributed by atoms with Crippen LogP contribution in [0, 0.1) is 0 Å². The molecule has 0 bridgehead atoms. The standard InChI is InChI=1S/C12H27NO/c1-6-8-11(3,13-5)10-12(4,14)9-7-2/h13-14H,6-10H2,1-5H3/t11?,12-/m0/s1. The molecule has 14 heavy (non-hydrogen) atoms. The molecule has 0 saturated carbocycles. The summed E-state index contributed by atoms with van der Waals surface area (Å²) < 4.78 is 0. The Labute approximate surface area is 89.1 Å². The van der Waals surface area contributed by atoms with Crippen LogP contribution in [-0.4, -0.2) is 23.3 Å². The van der Waals surface area contributed by atoms with Crippen molar-refractivity contribution in [3.63, 3.8) is 0 Å². The van der Waals surface area contributed by atoms with E-state index in [1.54, 1.807) is 0 Å². The highest BCUT2D eigenvalue weighted by atomic mass is 16.3. The molecule has 0 aliphatic rings. The van der Waals surface area contributed by atoms with Gasteiger partial charge in [0.2, 0.25) is 0 Å². The van der Waals surface area contributed by atoms with Crippen LogP contribution in [-0.2, 0) is 0 Å². The van der Waals surface area contributed by atoms with Crippen LogP contribution in [0.4, 0.5) is 0 Å². The average molecular weight is 201 g/mol. The molecular formula is C12H27NO. The predicted octanol–water partition coefficient (Wildman–Crippen LogP) is 2.71. The molecule has 0 heterocycles. The first-order chi connectivity index (χ1) is 6.39. The summed E-state index contributed by atoms with van der Waals surface area (Å²) in [5.41, 5.74) is -0.449. The van der Waals surface area contributed by atoms with Crippen molar-refractivity contribution in [3.05, 3.63) is 0 Å². The summed E-state index contributed by atoms with van der Waals surface area (Å²) >= 11 is 0. The largest absolute Gasteiger partial charge is 0.390 e. The van der Waals surface area contributed by atoms with E-state index in [9.17, 15) is 5.11 Å². The molecule has 2 atom stereocenters. The molecule has 2 nitrogen and oxygen atoms in total. The molecule has 0 radical (unpaired) electrons. The predicted molar refractivity (Wildman–Crippen MR) is 62.5 cm³/mol. The van der Waals surface area contributed by atoms with E-state index in [4.69, 9.17) is 0 Å². The SMILES string of the molecule is CCCC(C)(C[C@@](C)(O)CCC)NC. The molecular weight excluding hydrogens is 174 g/mol. The van der Waals surface area contributed by atoms with Crippen LogP contribution in [0.15, 0.2) is 0 Å². The highest BCUT2D eigenvalue weighted by Crippen LogP contribution is 2.27. The van der Waals surface area contributed by atoms with E-state index in [1.807, 2.05) is 14.0 Å². The molecule has 0 saturated heterocycles. The summed E-state index contributed by atoms with van der Waals surface area (Å²) in [4.78, 5) is 0. The van der Waals surface area contributed by atoms with Gasteiger partial charge in [-0.05, 0) is 40.2 Å². The van der Waals surface area contributed by atoms with Gasteiger partial charge in [-0.2, -0.15) is 0 Å². The second kappa shape index (κ2) is 5.72.